The molecule has 0 N–H and O–H groups in total. The van der Waals surface area contributed by atoms with E-state index in [1.807, 2.05) is 31.4 Å². The van der Waals surface area contributed by atoms with E-state index in [9.17, 15) is 4.79 Å². The summed E-state index contributed by atoms with van der Waals surface area (Å²) in [7, 11) is 1.68. The highest BCUT2D eigenvalue weighted by Gasteiger charge is 2.19. The number of carbonyl (C=O) groups excluding carboxylic acids is 1. The summed E-state index contributed by atoms with van der Waals surface area (Å²) in [4.78, 5) is 21.8. The Labute approximate surface area is 150 Å². The Balaban J connectivity index is 1.78. The molecule has 6 nitrogen and oxygen atoms in total. The molecule has 0 radical (unpaired) electrons. The van der Waals surface area contributed by atoms with Crippen molar-refractivity contribution < 1.29 is 14.3 Å². The molecule has 0 fully saturated rings. The predicted molar refractivity (Wildman–Crippen MR) is 97.7 cm³/mol. The maximum absolute atomic E-state index is 12.6. The van der Waals surface area contributed by atoms with Crippen molar-refractivity contribution in [1.29, 1.82) is 0 Å². The molecule has 1 atom stereocenters. The van der Waals surface area contributed by atoms with Crippen LogP contribution in [-0.2, 0) is 4.74 Å². The number of methoxy groups -OCH3 is 1. The molecule has 0 spiro atoms. The molecule has 3 rings (SSSR count). The van der Waals surface area contributed by atoms with Gasteiger partial charge in [-0.3, -0.25) is 4.79 Å². The molecule has 0 saturated heterocycles. The number of aryl methyl sites for hydroxylation is 1. The maximum Gasteiger partial charge on any atom is 0.225 e. The number of aromatic nitrogens is 3. The highest BCUT2D eigenvalue weighted by Crippen LogP contribution is 2.26. The Hall–Kier alpha value is -2.25. The smallest absolute Gasteiger partial charge is 0.225 e. The highest BCUT2D eigenvalue weighted by molar-refractivity contribution is 7.16. The van der Waals surface area contributed by atoms with Crippen molar-refractivity contribution >= 4 is 27.3 Å². The monoisotopic (exact) mass is 359 g/mol. The standard InChI is InChI=1S/C18H21N3O3S/c1-11-7-15(13(3)21(11)12(2)8-23-4)16(22)9-24-17-14-5-6-25-18(14)20-10-19-17/h5-7,10,12H,8-9H2,1-4H3. The predicted octanol–water partition coefficient (Wildman–Crippen LogP) is 3.58. The zero-order chi connectivity index (χ0) is 18.0. The third kappa shape index (κ3) is 3.43. The minimum absolute atomic E-state index is 0.0507. The number of ketones is 1. The van der Waals surface area contributed by atoms with Crippen LogP contribution in [0.1, 0.15) is 34.7 Å². The first kappa shape index (κ1) is 17.6. The summed E-state index contributed by atoms with van der Waals surface area (Å²) in [5, 5.41) is 2.76. The normalized spacial score (nSPS) is 12.5. The van der Waals surface area contributed by atoms with Crippen LogP contribution in [0, 0.1) is 13.8 Å². The lowest BCUT2D eigenvalue weighted by Crippen LogP contribution is -2.16. The first-order valence-electron chi connectivity index (χ1n) is 8.04. The van der Waals surface area contributed by atoms with E-state index in [4.69, 9.17) is 9.47 Å². The number of ether oxygens (including phenoxy) is 2. The lowest BCUT2D eigenvalue weighted by Gasteiger charge is -2.17. The number of thiophene rings is 1. The lowest BCUT2D eigenvalue weighted by atomic mass is 10.1. The van der Waals surface area contributed by atoms with Gasteiger partial charge in [-0.05, 0) is 38.3 Å². The molecule has 0 aliphatic carbocycles. The Morgan fingerprint density at radius 3 is 2.92 bits per heavy atom. The van der Waals surface area contributed by atoms with Gasteiger partial charge in [0.05, 0.1) is 18.0 Å². The fourth-order valence-corrected chi connectivity index (χ4v) is 3.87. The summed E-state index contributed by atoms with van der Waals surface area (Å²) in [6, 6.07) is 3.98. The van der Waals surface area contributed by atoms with Crippen molar-refractivity contribution in [2.75, 3.05) is 20.3 Å². The van der Waals surface area contributed by atoms with Crippen LogP contribution in [0.15, 0.2) is 23.8 Å². The third-order valence-corrected chi connectivity index (χ3v) is 5.02. The molecule has 132 valence electrons. The van der Waals surface area contributed by atoms with E-state index in [0.717, 1.165) is 21.6 Å². The van der Waals surface area contributed by atoms with Gasteiger partial charge in [-0.1, -0.05) is 0 Å². The number of fused-ring (bicyclic) bond motifs is 1. The van der Waals surface area contributed by atoms with E-state index in [0.29, 0.717) is 18.1 Å². The first-order chi connectivity index (χ1) is 12.0. The fourth-order valence-electron chi connectivity index (χ4n) is 3.15. The van der Waals surface area contributed by atoms with Crippen LogP contribution in [0.3, 0.4) is 0 Å². The Bertz CT molecular complexity index is 900. The number of carbonyl (C=O) groups is 1. The molecule has 0 saturated carbocycles. The largest absolute Gasteiger partial charge is 0.469 e. The number of Topliss-reactive ketones (excluding diaryl/α,β-unsaturated/α-hetero) is 1. The van der Waals surface area contributed by atoms with Gasteiger partial charge in [-0.25, -0.2) is 9.97 Å². The summed E-state index contributed by atoms with van der Waals surface area (Å²) in [5.74, 6) is 0.382. The summed E-state index contributed by atoms with van der Waals surface area (Å²) >= 11 is 1.52. The van der Waals surface area contributed by atoms with E-state index >= 15 is 0 Å². The van der Waals surface area contributed by atoms with E-state index in [1.54, 1.807) is 7.11 Å². The van der Waals surface area contributed by atoms with Crippen LogP contribution < -0.4 is 4.74 Å². The zero-order valence-electron chi connectivity index (χ0n) is 14.8. The summed E-state index contributed by atoms with van der Waals surface area (Å²) in [6.07, 6.45) is 1.46. The molecule has 0 aliphatic rings. The zero-order valence-corrected chi connectivity index (χ0v) is 15.6. The Morgan fingerprint density at radius 2 is 2.16 bits per heavy atom. The van der Waals surface area contributed by atoms with Crippen molar-refractivity contribution in [2.45, 2.75) is 26.8 Å². The van der Waals surface area contributed by atoms with Gasteiger partial charge in [-0.15, -0.1) is 11.3 Å². The van der Waals surface area contributed by atoms with Crippen molar-refractivity contribution in [1.82, 2.24) is 14.5 Å². The SMILES string of the molecule is COCC(C)n1c(C)cc(C(=O)COc2ncnc3sccc23)c1C. The van der Waals surface area contributed by atoms with E-state index < -0.39 is 0 Å². The minimum atomic E-state index is -0.0639. The van der Waals surface area contributed by atoms with Gasteiger partial charge < -0.3 is 14.0 Å². The van der Waals surface area contributed by atoms with Crippen LogP contribution in [0.2, 0.25) is 0 Å². The quantitative estimate of drug-likeness (QED) is 0.603. The molecule has 0 bridgehead atoms. The molecule has 3 heterocycles. The molecular formula is C18H21N3O3S. The second kappa shape index (κ2) is 7.33. The summed E-state index contributed by atoms with van der Waals surface area (Å²) < 4.78 is 13.0. The topological polar surface area (TPSA) is 66.2 Å². The van der Waals surface area contributed by atoms with Crippen molar-refractivity contribution in [3.8, 4) is 5.88 Å². The second-order valence-electron chi connectivity index (χ2n) is 5.99. The van der Waals surface area contributed by atoms with Crippen LogP contribution in [0.4, 0.5) is 0 Å². The molecule has 0 amide bonds. The molecule has 3 aromatic heterocycles. The van der Waals surface area contributed by atoms with Gasteiger partial charge in [0, 0.05) is 24.1 Å². The van der Waals surface area contributed by atoms with Crippen molar-refractivity contribution in [2.24, 2.45) is 0 Å². The van der Waals surface area contributed by atoms with E-state index in [1.165, 1.54) is 17.7 Å². The average Bonchev–Trinajstić information content (AvgIpc) is 3.17. The Kier molecular flexibility index (Phi) is 5.15. The lowest BCUT2D eigenvalue weighted by molar-refractivity contribution is 0.0918. The van der Waals surface area contributed by atoms with Gasteiger partial charge in [0.1, 0.15) is 11.2 Å². The highest BCUT2D eigenvalue weighted by atomic mass is 32.1. The van der Waals surface area contributed by atoms with Gasteiger partial charge in [0.2, 0.25) is 11.7 Å². The van der Waals surface area contributed by atoms with Crippen LogP contribution in [-0.4, -0.2) is 40.6 Å². The molecule has 0 aromatic carbocycles. The fraction of sp³-hybridized carbons (Fsp3) is 0.389. The molecule has 7 heteroatoms. The summed E-state index contributed by atoms with van der Waals surface area (Å²) in [6.45, 7) is 6.56. The minimum Gasteiger partial charge on any atom is -0.469 e. The molecule has 25 heavy (non-hydrogen) atoms. The van der Waals surface area contributed by atoms with Gasteiger partial charge >= 0.3 is 0 Å². The van der Waals surface area contributed by atoms with Gasteiger partial charge in [0.15, 0.2) is 6.61 Å². The van der Waals surface area contributed by atoms with Crippen molar-refractivity contribution in [3.63, 3.8) is 0 Å². The molecular weight excluding hydrogens is 338 g/mol. The van der Waals surface area contributed by atoms with E-state index in [-0.39, 0.29) is 18.4 Å². The third-order valence-electron chi connectivity index (χ3n) is 4.20. The van der Waals surface area contributed by atoms with Crippen LogP contribution in [0.5, 0.6) is 5.88 Å². The van der Waals surface area contributed by atoms with Gasteiger partial charge in [-0.2, -0.15) is 0 Å². The van der Waals surface area contributed by atoms with Gasteiger partial charge in [0.25, 0.3) is 0 Å². The average molecular weight is 359 g/mol. The summed E-state index contributed by atoms with van der Waals surface area (Å²) in [5.41, 5.74) is 2.64. The molecule has 1 unspecified atom stereocenters. The number of hydrogen-bond acceptors (Lipinski definition) is 6. The van der Waals surface area contributed by atoms with Crippen molar-refractivity contribution in [3.05, 3.63) is 40.8 Å². The number of rotatable bonds is 7. The van der Waals surface area contributed by atoms with Crippen LogP contribution >= 0.6 is 11.3 Å². The van der Waals surface area contributed by atoms with Crippen LogP contribution in [0.25, 0.3) is 10.2 Å². The maximum atomic E-state index is 12.6. The Morgan fingerprint density at radius 1 is 1.36 bits per heavy atom. The number of nitrogens with zero attached hydrogens (tertiary/aromatic N) is 3. The number of hydrogen-bond donors (Lipinski definition) is 0. The second-order valence-corrected chi connectivity index (χ2v) is 6.88. The first-order valence-corrected chi connectivity index (χ1v) is 8.92. The molecule has 0 aliphatic heterocycles. The van der Waals surface area contributed by atoms with E-state index in [2.05, 4.69) is 21.5 Å². The molecule has 3 aromatic rings.